The van der Waals surface area contributed by atoms with Crippen LogP contribution in [0.3, 0.4) is 0 Å². The molecule has 0 aliphatic rings. The van der Waals surface area contributed by atoms with Crippen molar-refractivity contribution in [2.24, 2.45) is 14.1 Å². The third-order valence-corrected chi connectivity index (χ3v) is 17.4. The Hall–Kier alpha value is 0.994. The van der Waals surface area contributed by atoms with Crippen LogP contribution in [0.1, 0.15) is 64.3 Å². The summed E-state index contributed by atoms with van der Waals surface area (Å²) in [6, 6.07) is 3.59. The summed E-state index contributed by atoms with van der Waals surface area (Å²) >= 11 is -4.21. The molecular weight excluding hydrogens is 607 g/mol. The molecule has 0 radical (unpaired) electrons. The van der Waals surface area contributed by atoms with Gasteiger partial charge in [-0.1, -0.05) is 41.5 Å². The summed E-state index contributed by atoms with van der Waals surface area (Å²) in [4.78, 5) is 0. The molecule has 2 aromatic heterocycles. The van der Waals surface area contributed by atoms with Crippen LogP contribution in [0.25, 0.3) is 0 Å². The maximum atomic E-state index is 10.7. The Morgan fingerprint density at radius 1 is 0.725 bits per heavy atom. The van der Waals surface area contributed by atoms with Crippen molar-refractivity contribution in [3.63, 3.8) is 0 Å². The summed E-state index contributed by atoms with van der Waals surface area (Å²) < 4.78 is 58.2. The molecule has 10 nitrogen and oxygen atoms in total. The van der Waals surface area contributed by atoms with Crippen LogP contribution in [0, 0.1) is 0 Å². The third kappa shape index (κ3) is 14.2. The van der Waals surface area contributed by atoms with Gasteiger partial charge in [0.05, 0.1) is 47.5 Å². The molecule has 0 spiro atoms. The monoisotopic (exact) mass is 652 g/mol. The first-order valence-corrected chi connectivity index (χ1v) is 20.8. The molecule has 0 amide bonds. The van der Waals surface area contributed by atoms with Crippen molar-refractivity contribution in [3.8, 4) is 0 Å². The van der Waals surface area contributed by atoms with Crippen LogP contribution in [0.2, 0.25) is 36.3 Å². The second-order valence-electron chi connectivity index (χ2n) is 12.5. The zero-order chi connectivity index (χ0) is 29.7. The maximum absolute atomic E-state index is 10.7. The minimum atomic E-state index is -2.10. The summed E-state index contributed by atoms with van der Waals surface area (Å²) in [6.07, 6.45) is 0. The molecule has 2 heterocycles. The average molecular weight is 653 g/mol. The SMILES string of the molecule is Cn1nc(CS(=O)[O-])cc1CO[Si](C)(C)C(C)(C)C.Cn1nc(CS(=O)[O-])cc1CO[Si](C)(C)C(C)(C)C.[Na+].[Na+]. The van der Waals surface area contributed by atoms with E-state index < -0.39 is 38.8 Å². The molecule has 0 aromatic carbocycles. The van der Waals surface area contributed by atoms with Gasteiger partial charge in [-0.2, -0.15) is 10.2 Å². The van der Waals surface area contributed by atoms with Crippen LogP contribution in [0.4, 0.5) is 0 Å². The standard InChI is InChI=1S/2C12H24N2O3SSi.2Na/c2*1-12(2,3)19(5,6)17-8-11-7-10(9-18(15)16)13-14(11)4;;/h2*7H,8-9H2,1-6H3,(H,15,16);;/q;;2*+1/p-2. The Morgan fingerprint density at radius 2 is 1.00 bits per heavy atom. The van der Waals surface area contributed by atoms with Crippen molar-refractivity contribution in [1.29, 1.82) is 0 Å². The summed E-state index contributed by atoms with van der Waals surface area (Å²) in [6.45, 7) is 22.9. The molecule has 0 aliphatic heterocycles. The molecule has 0 saturated carbocycles. The Labute approximate surface area is 292 Å². The Morgan fingerprint density at radius 3 is 1.23 bits per heavy atom. The zero-order valence-electron chi connectivity index (χ0n) is 27.0. The molecule has 2 aromatic rings. The summed E-state index contributed by atoms with van der Waals surface area (Å²) in [5, 5.41) is 8.66. The number of rotatable bonds is 10. The van der Waals surface area contributed by atoms with Gasteiger partial charge in [0, 0.05) is 14.1 Å². The van der Waals surface area contributed by atoms with Gasteiger partial charge in [-0.05, 0) is 70.6 Å². The van der Waals surface area contributed by atoms with E-state index in [1.807, 2.05) is 14.1 Å². The minimum Gasteiger partial charge on any atom is -0.772 e. The van der Waals surface area contributed by atoms with Crippen LogP contribution >= 0.6 is 0 Å². The molecule has 0 saturated heterocycles. The van der Waals surface area contributed by atoms with Gasteiger partial charge in [0.25, 0.3) is 0 Å². The molecular formula is C24H46N4Na2O6S2Si2. The van der Waals surface area contributed by atoms with E-state index in [4.69, 9.17) is 8.85 Å². The Kier molecular flexibility index (Phi) is 18.8. The Bertz CT molecular complexity index is 1030. The first-order valence-electron chi connectivity index (χ1n) is 12.5. The molecule has 2 atom stereocenters. The smallest absolute Gasteiger partial charge is 0.772 e. The van der Waals surface area contributed by atoms with E-state index in [1.165, 1.54) is 0 Å². The molecule has 2 unspecified atom stereocenters. The predicted octanol–water partition coefficient (Wildman–Crippen LogP) is -1.35. The average Bonchev–Trinajstić information content (AvgIpc) is 3.23. The van der Waals surface area contributed by atoms with Gasteiger partial charge in [-0.3, -0.25) is 17.8 Å². The first-order chi connectivity index (χ1) is 17.1. The van der Waals surface area contributed by atoms with E-state index in [0.717, 1.165) is 11.4 Å². The van der Waals surface area contributed by atoms with Crippen LogP contribution in [-0.4, -0.2) is 53.7 Å². The number of nitrogens with zero attached hydrogens (tertiary/aromatic N) is 4. The van der Waals surface area contributed by atoms with Crippen LogP contribution in [-0.2, 0) is 69.8 Å². The largest absolute Gasteiger partial charge is 1.00 e. The number of aryl methyl sites for hydroxylation is 2. The van der Waals surface area contributed by atoms with Gasteiger partial charge < -0.3 is 18.0 Å². The second-order valence-corrected chi connectivity index (χ2v) is 23.9. The van der Waals surface area contributed by atoms with Crippen molar-refractivity contribution >= 4 is 38.8 Å². The van der Waals surface area contributed by atoms with Crippen molar-refractivity contribution in [3.05, 3.63) is 34.9 Å². The van der Waals surface area contributed by atoms with Gasteiger partial charge in [0.2, 0.25) is 0 Å². The summed E-state index contributed by atoms with van der Waals surface area (Å²) in [5.41, 5.74) is 2.94. The third-order valence-electron chi connectivity index (χ3n) is 7.36. The summed E-state index contributed by atoms with van der Waals surface area (Å²) in [5.74, 6) is -0.0954. The van der Waals surface area contributed by atoms with Crippen molar-refractivity contribution in [1.82, 2.24) is 19.6 Å². The van der Waals surface area contributed by atoms with E-state index in [2.05, 4.69) is 77.9 Å². The van der Waals surface area contributed by atoms with Gasteiger partial charge in [0.1, 0.15) is 0 Å². The molecule has 0 N–H and O–H groups in total. The zero-order valence-corrected chi connectivity index (χ0v) is 34.7. The van der Waals surface area contributed by atoms with E-state index >= 15 is 0 Å². The predicted molar refractivity (Wildman–Crippen MR) is 156 cm³/mol. The van der Waals surface area contributed by atoms with Gasteiger partial charge in [-0.15, -0.1) is 0 Å². The molecule has 2 rings (SSSR count). The fourth-order valence-electron chi connectivity index (χ4n) is 2.74. The number of aromatic nitrogens is 4. The van der Waals surface area contributed by atoms with Gasteiger partial charge >= 0.3 is 59.1 Å². The van der Waals surface area contributed by atoms with Gasteiger partial charge in [-0.25, -0.2) is 0 Å². The van der Waals surface area contributed by atoms with Gasteiger partial charge in [0.15, 0.2) is 16.6 Å². The van der Waals surface area contributed by atoms with Crippen molar-refractivity contribution < 1.29 is 85.5 Å². The Balaban J connectivity index is 0. The molecule has 40 heavy (non-hydrogen) atoms. The van der Waals surface area contributed by atoms with E-state index in [9.17, 15) is 17.5 Å². The van der Waals surface area contributed by atoms with Crippen LogP contribution in [0.5, 0.6) is 0 Å². The summed E-state index contributed by atoms with van der Waals surface area (Å²) in [7, 11) is 0.0218. The van der Waals surface area contributed by atoms with Crippen molar-refractivity contribution in [2.75, 3.05) is 0 Å². The molecule has 0 aliphatic carbocycles. The quantitative estimate of drug-likeness (QED) is 0.227. The minimum absolute atomic E-state index is 0. The number of hydrogen-bond acceptors (Lipinski definition) is 8. The normalized spacial score (nSPS) is 13.9. The van der Waals surface area contributed by atoms with E-state index in [-0.39, 0.29) is 80.7 Å². The molecule has 0 bridgehead atoms. The van der Waals surface area contributed by atoms with E-state index in [1.54, 1.807) is 21.5 Å². The van der Waals surface area contributed by atoms with Crippen LogP contribution < -0.4 is 59.1 Å². The van der Waals surface area contributed by atoms with E-state index in [0.29, 0.717) is 24.6 Å². The fourth-order valence-corrected chi connectivity index (χ4v) is 5.39. The fraction of sp³-hybridized carbons (Fsp3) is 0.750. The molecule has 220 valence electrons. The second kappa shape index (κ2) is 17.5. The van der Waals surface area contributed by atoms with Crippen molar-refractivity contribution in [2.45, 2.75) is 103 Å². The molecule has 0 fully saturated rings. The topological polar surface area (TPSA) is 134 Å². The first kappa shape index (κ1) is 43.1. The maximum Gasteiger partial charge on any atom is 1.00 e. The number of hydrogen-bond donors (Lipinski definition) is 0. The van der Waals surface area contributed by atoms with Crippen LogP contribution in [0.15, 0.2) is 12.1 Å². The molecule has 16 heteroatoms.